The molecule has 6 heteroatoms. The highest BCUT2D eigenvalue weighted by Gasteiger charge is 2.29. The van der Waals surface area contributed by atoms with Crippen molar-refractivity contribution in [3.63, 3.8) is 0 Å². The Kier molecular flexibility index (Phi) is 3.94. The molecule has 0 spiro atoms. The van der Waals surface area contributed by atoms with Crippen molar-refractivity contribution < 1.29 is 9.53 Å². The smallest absolute Gasteiger partial charge is 0.359 e. The number of nitrogens with zero attached hydrogens (tertiary/aromatic N) is 3. The molecular formula is C14H16BrN3O2. The Morgan fingerprint density at radius 2 is 1.90 bits per heavy atom. The maximum absolute atomic E-state index is 11.8. The molecule has 106 valence electrons. The third-order valence-electron chi connectivity index (χ3n) is 2.82. The van der Waals surface area contributed by atoms with Crippen LogP contribution >= 0.6 is 15.9 Å². The summed E-state index contributed by atoms with van der Waals surface area (Å²) < 4.78 is 7.19. The minimum absolute atomic E-state index is 0.193. The first-order valence-electron chi connectivity index (χ1n) is 6.14. The molecule has 0 N–H and O–H groups in total. The summed E-state index contributed by atoms with van der Waals surface area (Å²) in [6.07, 6.45) is 3.38. The quantitative estimate of drug-likeness (QED) is 0.790. The zero-order valence-electron chi connectivity index (χ0n) is 11.8. The van der Waals surface area contributed by atoms with Crippen molar-refractivity contribution in [3.8, 4) is 5.69 Å². The number of ether oxygens (including phenoxy) is 1. The minimum Gasteiger partial charge on any atom is -0.464 e. The molecule has 0 aliphatic carbocycles. The molecule has 5 nitrogen and oxygen atoms in total. The third-order valence-corrected chi connectivity index (χ3v) is 3.58. The van der Waals surface area contributed by atoms with E-state index >= 15 is 0 Å². The molecule has 0 fully saturated rings. The van der Waals surface area contributed by atoms with Gasteiger partial charge in [0.1, 0.15) is 0 Å². The molecule has 0 aliphatic rings. The average molecular weight is 338 g/mol. The van der Waals surface area contributed by atoms with Gasteiger partial charge in [-0.15, -0.1) is 0 Å². The third kappa shape index (κ3) is 2.60. The summed E-state index contributed by atoms with van der Waals surface area (Å²) in [7, 11) is 1.34. The summed E-state index contributed by atoms with van der Waals surface area (Å²) in [6, 6.07) is 3.69. The number of carbonyl (C=O) groups excluding carboxylic acids is 1. The second-order valence-electron chi connectivity index (χ2n) is 5.37. The summed E-state index contributed by atoms with van der Waals surface area (Å²) in [5.41, 5.74) is 1.83. The molecule has 0 saturated heterocycles. The number of hydrogen-bond acceptors (Lipinski definition) is 4. The van der Waals surface area contributed by atoms with Crippen LogP contribution in [0.4, 0.5) is 0 Å². The number of rotatable bonds is 2. The maximum atomic E-state index is 11.8. The van der Waals surface area contributed by atoms with E-state index in [0.29, 0.717) is 4.47 Å². The normalized spacial score (nSPS) is 11.4. The van der Waals surface area contributed by atoms with Crippen molar-refractivity contribution >= 4 is 21.9 Å². The molecule has 0 amide bonds. The van der Waals surface area contributed by atoms with Crippen LogP contribution in [-0.2, 0) is 10.2 Å². The van der Waals surface area contributed by atoms with Crippen LogP contribution in [0.2, 0.25) is 0 Å². The van der Waals surface area contributed by atoms with Gasteiger partial charge in [-0.2, -0.15) is 5.10 Å². The van der Waals surface area contributed by atoms with Crippen molar-refractivity contribution in [3.05, 3.63) is 40.4 Å². The van der Waals surface area contributed by atoms with Crippen molar-refractivity contribution in [2.24, 2.45) is 0 Å². The van der Waals surface area contributed by atoms with Gasteiger partial charge < -0.3 is 4.74 Å². The van der Waals surface area contributed by atoms with Crippen LogP contribution in [0.1, 0.15) is 37.0 Å². The maximum Gasteiger partial charge on any atom is 0.359 e. The van der Waals surface area contributed by atoms with E-state index in [1.165, 1.54) is 7.11 Å². The van der Waals surface area contributed by atoms with Crippen molar-refractivity contribution in [1.29, 1.82) is 0 Å². The van der Waals surface area contributed by atoms with E-state index in [0.717, 1.165) is 11.4 Å². The molecule has 20 heavy (non-hydrogen) atoms. The molecule has 2 rings (SSSR count). The van der Waals surface area contributed by atoms with Crippen LogP contribution in [0.25, 0.3) is 5.69 Å². The van der Waals surface area contributed by atoms with Crippen molar-refractivity contribution in [1.82, 2.24) is 14.8 Å². The Morgan fingerprint density at radius 1 is 1.30 bits per heavy atom. The monoisotopic (exact) mass is 337 g/mol. The first kappa shape index (κ1) is 14.7. The molecule has 0 atom stereocenters. The van der Waals surface area contributed by atoms with Gasteiger partial charge in [0.05, 0.1) is 23.0 Å². The Labute approximate surface area is 126 Å². The van der Waals surface area contributed by atoms with Gasteiger partial charge in [0.25, 0.3) is 0 Å². The van der Waals surface area contributed by atoms with Crippen LogP contribution in [0.3, 0.4) is 0 Å². The van der Waals surface area contributed by atoms with E-state index < -0.39 is 5.97 Å². The number of aromatic nitrogens is 3. The molecule has 0 radical (unpaired) electrons. The van der Waals surface area contributed by atoms with Gasteiger partial charge in [-0.1, -0.05) is 20.8 Å². The van der Waals surface area contributed by atoms with E-state index in [9.17, 15) is 4.79 Å². The van der Waals surface area contributed by atoms with Crippen molar-refractivity contribution in [2.75, 3.05) is 7.11 Å². The summed E-state index contributed by atoms with van der Waals surface area (Å²) in [5, 5.41) is 4.38. The lowest BCUT2D eigenvalue weighted by molar-refractivity contribution is 0.0592. The fourth-order valence-corrected chi connectivity index (χ4v) is 2.95. The lowest BCUT2D eigenvalue weighted by Crippen LogP contribution is -2.18. The van der Waals surface area contributed by atoms with Gasteiger partial charge >= 0.3 is 5.97 Å². The molecule has 0 saturated carbocycles. The number of halogens is 1. The largest absolute Gasteiger partial charge is 0.464 e. The number of pyridine rings is 1. The lowest BCUT2D eigenvalue weighted by Gasteiger charge is -2.21. The second kappa shape index (κ2) is 5.36. The summed E-state index contributed by atoms with van der Waals surface area (Å²) in [5.74, 6) is -0.463. The number of esters is 1. The van der Waals surface area contributed by atoms with Gasteiger partial charge in [-0.3, -0.25) is 4.98 Å². The van der Waals surface area contributed by atoms with Crippen LogP contribution in [0.5, 0.6) is 0 Å². The lowest BCUT2D eigenvalue weighted by atomic mass is 9.91. The highest BCUT2D eigenvalue weighted by atomic mass is 79.9. The van der Waals surface area contributed by atoms with Gasteiger partial charge in [0.2, 0.25) is 0 Å². The molecule has 0 aliphatic heterocycles. The first-order chi connectivity index (χ1) is 9.36. The highest BCUT2D eigenvalue weighted by Crippen LogP contribution is 2.34. The Hall–Kier alpha value is -1.69. The fourth-order valence-electron chi connectivity index (χ4n) is 1.95. The van der Waals surface area contributed by atoms with E-state index in [4.69, 9.17) is 4.74 Å². The molecular weight excluding hydrogens is 322 g/mol. The Morgan fingerprint density at radius 3 is 2.40 bits per heavy atom. The molecule has 2 aromatic heterocycles. The standard InChI is InChI=1S/C14H16BrN3O2/c1-14(2,3)12-10(15)11(13(19)20-4)17-18(12)9-5-7-16-8-6-9/h5-8H,1-4H3. The number of methoxy groups -OCH3 is 1. The van der Waals surface area contributed by atoms with E-state index in [-0.39, 0.29) is 11.1 Å². The van der Waals surface area contributed by atoms with Crippen LogP contribution in [-0.4, -0.2) is 27.8 Å². The fraction of sp³-hybridized carbons (Fsp3) is 0.357. The van der Waals surface area contributed by atoms with E-state index in [1.54, 1.807) is 17.1 Å². The van der Waals surface area contributed by atoms with Crippen LogP contribution in [0.15, 0.2) is 29.0 Å². The SMILES string of the molecule is COC(=O)c1nn(-c2ccncc2)c(C(C)(C)C)c1Br. The van der Waals surface area contributed by atoms with Gasteiger partial charge in [0, 0.05) is 17.8 Å². The topological polar surface area (TPSA) is 57.0 Å². The summed E-state index contributed by atoms with van der Waals surface area (Å²) in [6.45, 7) is 6.19. The first-order valence-corrected chi connectivity index (χ1v) is 6.93. The van der Waals surface area contributed by atoms with Crippen molar-refractivity contribution in [2.45, 2.75) is 26.2 Å². The van der Waals surface area contributed by atoms with Crippen LogP contribution < -0.4 is 0 Å². The van der Waals surface area contributed by atoms with Gasteiger partial charge in [-0.25, -0.2) is 9.48 Å². The van der Waals surface area contributed by atoms with E-state index in [2.05, 4.69) is 46.8 Å². The van der Waals surface area contributed by atoms with Gasteiger partial charge in [0.15, 0.2) is 5.69 Å². The predicted molar refractivity (Wildman–Crippen MR) is 79.1 cm³/mol. The summed E-state index contributed by atoms with van der Waals surface area (Å²) in [4.78, 5) is 15.8. The zero-order valence-corrected chi connectivity index (χ0v) is 13.4. The molecule has 0 aromatic carbocycles. The second-order valence-corrected chi connectivity index (χ2v) is 6.16. The predicted octanol–water partition coefficient (Wildman–Crippen LogP) is 3.11. The Bertz CT molecular complexity index is 630. The van der Waals surface area contributed by atoms with Gasteiger partial charge in [-0.05, 0) is 28.1 Å². The number of hydrogen-bond donors (Lipinski definition) is 0. The zero-order chi connectivity index (χ0) is 14.9. The number of carbonyl (C=O) groups is 1. The Balaban J connectivity index is 2.71. The average Bonchev–Trinajstić information content (AvgIpc) is 2.76. The molecule has 0 bridgehead atoms. The van der Waals surface area contributed by atoms with E-state index in [1.807, 2.05) is 12.1 Å². The summed E-state index contributed by atoms with van der Waals surface area (Å²) >= 11 is 3.48. The minimum atomic E-state index is -0.463. The molecule has 2 heterocycles. The molecule has 0 unspecified atom stereocenters. The highest BCUT2D eigenvalue weighted by molar-refractivity contribution is 9.10. The molecule has 2 aromatic rings. The van der Waals surface area contributed by atoms with Crippen LogP contribution in [0, 0.1) is 0 Å².